The first-order valence-electron chi connectivity index (χ1n) is 39.2. The molecule has 0 aliphatic heterocycles. The maximum absolute atomic E-state index is 12.5. The van der Waals surface area contributed by atoms with Crippen LogP contribution in [0, 0.1) is 0 Å². The Morgan fingerprint density at radius 2 is 0.581 bits per heavy atom. The van der Waals surface area contributed by atoms with E-state index in [1.165, 1.54) is 353 Å². The second kappa shape index (κ2) is 75.5. The van der Waals surface area contributed by atoms with E-state index in [0.29, 0.717) is 25.9 Å². The molecule has 0 rings (SSSR count). The van der Waals surface area contributed by atoms with Gasteiger partial charge in [0.05, 0.1) is 25.4 Å². The summed E-state index contributed by atoms with van der Waals surface area (Å²) in [6, 6.07) is -0.540. The summed E-state index contributed by atoms with van der Waals surface area (Å²) in [5, 5.41) is 23.4. The van der Waals surface area contributed by atoms with Gasteiger partial charge >= 0.3 is 5.97 Å². The fourth-order valence-electron chi connectivity index (χ4n) is 12.4. The van der Waals surface area contributed by atoms with Crippen molar-refractivity contribution in [3.05, 3.63) is 36.5 Å². The molecule has 508 valence electrons. The Labute approximate surface area is 538 Å². The van der Waals surface area contributed by atoms with Gasteiger partial charge in [0.25, 0.3) is 0 Å². The Hall–Kier alpha value is -1.92. The van der Waals surface area contributed by atoms with Gasteiger partial charge in [-0.3, -0.25) is 9.59 Å². The minimum atomic E-state index is -0.663. The Kier molecular flexibility index (Phi) is 73.9. The molecule has 0 saturated heterocycles. The molecule has 86 heavy (non-hydrogen) atoms. The van der Waals surface area contributed by atoms with Crippen molar-refractivity contribution in [1.82, 2.24) is 5.32 Å². The molecule has 0 radical (unpaired) electrons. The van der Waals surface area contributed by atoms with Crippen molar-refractivity contribution in [3.8, 4) is 0 Å². The molecule has 6 nitrogen and oxygen atoms in total. The van der Waals surface area contributed by atoms with Crippen molar-refractivity contribution in [1.29, 1.82) is 0 Å². The highest BCUT2D eigenvalue weighted by atomic mass is 16.5. The summed E-state index contributed by atoms with van der Waals surface area (Å²) in [5.74, 6) is -0.0146. The lowest BCUT2D eigenvalue weighted by atomic mass is 10.0. The molecule has 0 aromatic rings. The number of esters is 1. The predicted octanol–water partition coefficient (Wildman–Crippen LogP) is 25.8. The molecule has 0 saturated carbocycles. The van der Waals surface area contributed by atoms with Gasteiger partial charge in [0.2, 0.25) is 5.91 Å². The Morgan fingerprint density at radius 3 is 0.895 bits per heavy atom. The van der Waals surface area contributed by atoms with E-state index in [9.17, 15) is 19.8 Å². The summed E-state index contributed by atoms with van der Waals surface area (Å²) in [6.07, 6.45) is 98.0. The average molecular weight is 1210 g/mol. The van der Waals surface area contributed by atoms with E-state index in [0.717, 1.165) is 51.4 Å². The summed E-state index contributed by atoms with van der Waals surface area (Å²) >= 11 is 0. The minimum absolute atomic E-state index is 0.0146. The zero-order valence-corrected chi connectivity index (χ0v) is 58.3. The number of hydrogen-bond acceptors (Lipinski definition) is 5. The van der Waals surface area contributed by atoms with Crippen molar-refractivity contribution in [2.24, 2.45) is 0 Å². The third-order valence-electron chi connectivity index (χ3n) is 18.4. The maximum atomic E-state index is 12.5. The van der Waals surface area contributed by atoms with Crippen molar-refractivity contribution in [2.45, 2.75) is 450 Å². The van der Waals surface area contributed by atoms with Crippen LogP contribution in [0.15, 0.2) is 36.5 Å². The average Bonchev–Trinajstić information content (AvgIpc) is 3.60. The minimum Gasteiger partial charge on any atom is -0.466 e. The molecule has 1 amide bonds. The highest BCUT2D eigenvalue weighted by Gasteiger charge is 2.20. The van der Waals surface area contributed by atoms with Crippen molar-refractivity contribution in [2.75, 3.05) is 13.2 Å². The Balaban J connectivity index is 3.36. The van der Waals surface area contributed by atoms with E-state index >= 15 is 0 Å². The third-order valence-corrected chi connectivity index (χ3v) is 18.4. The van der Waals surface area contributed by atoms with E-state index in [2.05, 4.69) is 55.6 Å². The van der Waals surface area contributed by atoms with E-state index < -0.39 is 12.1 Å². The van der Waals surface area contributed by atoms with Crippen LogP contribution < -0.4 is 5.32 Å². The van der Waals surface area contributed by atoms with E-state index in [1.807, 2.05) is 0 Å². The van der Waals surface area contributed by atoms with Crippen LogP contribution in [0.5, 0.6) is 0 Å². The number of nitrogens with one attached hydrogen (secondary N) is 1. The quantitative estimate of drug-likeness (QED) is 0.0320. The van der Waals surface area contributed by atoms with Crippen molar-refractivity contribution in [3.63, 3.8) is 0 Å². The van der Waals surface area contributed by atoms with Gasteiger partial charge in [-0.25, -0.2) is 0 Å². The molecular weight excluding hydrogens is 1050 g/mol. The summed E-state index contributed by atoms with van der Waals surface area (Å²) in [4.78, 5) is 24.6. The molecular formula is C80H153NO5. The number of allylic oxidation sites excluding steroid dienone is 6. The first kappa shape index (κ1) is 84.1. The summed E-state index contributed by atoms with van der Waals surface area (Å²) in [7, 11) is 0. The standard InChI is InChI=1S/C80H153NO5/c1-3-5-7-9-11-13-15-17-19-21-42-46-50-54-58-62-66-70-74-80(85)86-75-71-67-63-59-55-51-47-43-40-38-36-34-32-30-28-26-24-22-23-25-27-29-31-33-35-37-39-41-45-49-53-57-61-65-69-73-79(84)81-77(76-82)78(83)72-68-64-60-56-52-48-44-20-18-16-14-12-10-8-6-4-2/h19,21,24,26,30,32,77-78,82-83H,3-18,20,22-23,25,27-29,31,33-76H2,1-2H3,(H,81,84)/b21-19-,26-24-,32-30-. The molecule has 6 heteroatoms. The first-order chi connectivity index (χ1) is 42.5. The SMILES string of the molecule is CCCCCCCCC/C=C\CCCCCCCCCC(=O)OCCCCCCCCCCCCC/C=C\C/C=C\CCCCCCCCCCCCCCCCCCCC(=O)NC(CO)C(O)CCCCCCCCCCCCCCCCCC. The fraction of sp³-hybridized carbons (Fsp3) is 0.900. The normalized spacial score (nSPS) is 12.7. The van der Waals surface area contributed by atoms with E-state index in [1.54, 1.807) is 0 Å². The number of unbranched alkanes of at least 4 members (excludes halogenated alkanes) is 57. The van der Waals surface area contributed by atoms with Gasteiger partial charge < -0.3 is 20.3 Å². The van der Waals surface area contributed by atoms with Gasteiger partial charge in [0.1, 0.15) is 0 Å². The molecule has 2 unspecified atom stereocenters. The number of carbonyl (C=O) groups is 2. The van der Waals surface area contributed by atoms with Gasteiger partial charge in [-0.2, -0.15) is 0 Å². The predicted molar refractivity (Wildman–Crippen MR) is 379 cm³/mol. The lowest BCUT2D eigenvalue weighted by Crippen LogP contribution is -2.45. The second-order valence-electron chi connectivity index (χ2n) is 27.0. The Morgan fingerprint density at radius 1 is 0.326 bits per heavy atom. The molecule has 0 aromatic heterocycles. The molecule has 0 bridgehead atoms. The molecule has 2 atom stereocenters. The monoisotopic (exact) mass is 1210 g/mol. The van der Waals surface area contributed by atoms with Gasteiger partial charge in [-0.15, -0.1) is 0 Å². The number of aliphatic hydroxyl groups is 2. The highest BCUT2D eigenvalue weighted by Crippen LogP contribution is 2.19. The molecule has 0 heterocycles. The first-order valence-corrected chi connectivity index (χ1v) is 39.2. The molecule has 0 aliphatic rings. The number of amides is 1. The molecule has 0 fully saturated rings. The number of ether oxygens (including phenoxy) is 1. The topological polar surface area (TPSA) is 95.9 Å². The number of carbonyl (C=O) groups excluding carboxylic acids is 2. The van der Waals surface area contributed by atoms with Gasteiger partial charge in [0, 0.05) is 12.8 Å². The summed E-state index contributed by atoms with van der Waals surface area (Å²) in [5.41, 5.74) is 0. The second-order valence-corrected chi connectivity index (χ2v) is 27.0. The Bertz CT molecular complexity index is 1390. The van der Waals surface area contributed by atoms with Crippen LogP contribution in [0.2, 0.25) is 0 Å². The number of aliphatic hydroxyl groups excluding tert-OH is 2. The third kappa shape index (κ3) is 71.2. The largest absolute Gasteiger partial charge is 0.466 e. The van der Waals surface area contributed by atoms with Gasteiger partial charge in [-0.05, 0) is 83.5 Å². The van der Waals surface area contributed by atoms with Gasteiger partial charge in [-0.1, -0.05) is 378 Å². The van der Waals surface area contributed by atoms with Crippen molar-refractivity contribution >= 4 is 11.9 Å². The summed E-state index contributed by atoms with van der Waals surface area (Å²) < 4.78 is 5.51. The molecule has 0 aromatic carbocycles. The molecule has 3 N–H and O–H groups in total. The summed E-state index contributed by atoms with van der Waals surface area (Å²) in [6.45, 7) is 4.99. The smallest absolute Gasteiger partial charge is 0.305 e. The zero-order valence-electron chi connectivity index (χ0n) is 58.3. The lowest BCUT2D eigenvalue weighted by molar-refractivity contribution is -0.143. The van der Waals surface area contributed by atoms with Crippen LogP contribution >= 0.6 is 0 Å². The highest BCUT2D eigenvalue weighted by molar-refractivity contribution is 5.76. The maximum Gasteiger partial charge on any atom is 0.305 e. The van der Waals surface area contributed by atoms with Crippen LogP contribution in [0.1, 0.15) is 438 Å². The van der Waals surface area contributed by atoms with Crippen LogP contribution in [-0.2, 0) is 14.3 Å². The van der Waals surface area contributed by atoms with Crippen LogP contribution in [0.25, 0.3) is 0 Å². The van der Waals surface area contributed by atoms with E-state index in [-0.39, 0.29) is 18.5 Å². The van der Waals surface area contributed by atoms with Crippen molar-refractivity contribution < 1.29 is 24.5 Å². The molecule has 0 spiro atoms. The van der Waals surface area contributed by atoms with Crippen LogP contribution in [0.4, 0.5) is 0 Å². The molecule has 0 aliphatic carbocycles. The number of hydrogen-bond donors (Lipinski definition) is 3. The van der Waals surface area contributed by atoms with Gasteiger partial charge in [0.15, 0.2) is 0 Å². The lowest BCUT2D eigenvalue weighted by Gasteiger charge is -2.22. The zero-order chi connectivity index (χ0) is 62.0. The van der Waals surface area contributed by atoms with Crippen LogP contribution in [0.3, 0.4) is 0 Å². The van der Waals surface area contributed by atoms with Crippen LogP contribution in [-0.4, -0.2) is 47.4 Å². The van der Waals surface area contributed by atoms with E-state index in [4.69, 9.17) is 4.74 Å². The number of rotatable bonds is 74. The fourth-order valence-corrected chi connectivity index (χ4v) is 12.4.